The highest BCUT2D eigenvalue weighted by Crippen LogP contribution is 2.35. The van der Waals surface area contributed by atoms with Crippen LogP contribution in [-0.4, -0.2) is 21.4 Å². The van der Waals surface area contributed by atoms with Gasteiger partial charge in [-0.3, -0.25) is 4.79 Å². The van der Waals surface area contributed by atoms with Crippen LogP contribution in [0.2, 0.25) is 0 Å². The summed E-state index contributed by atoms with van der Waals surface area (Å²) >= 11 is 0. The number of halogens is 3. The molecular weight excluding hydrogens is 347 g/mol. The van der Waals surface area contributed by atoms with Crippen molar-refractivity contribution in [1.29, 1.82) is 0 Å². The van der Waals surface area contributed by atoms with E-state index in [1.54, 1.807) is 39.0 Å². The molecule has 0 atom stereocenters. The van der Waals surface area contributed by atoms with E-state index in [-0.39, 0.29) is 24.1 Å². The molecule has 1 aliphatic heterocycles. The van der Waals surface area contributed by atoms with Crippen LogP contribution >= 0.6 is 0 Å². The highest BCUT2D eigenvalue weighted by molar-refractivity contribution is 5.99. The first-order chi connectivity index (χ1) is 12.0. The molecule has 6 nitrogen and oxygen atoms in total. The van der Waals surface area contributed by atoms with Gasteiger partial charge >= 0.3 is 6.18 Å². The average Bonchev–Trinajstić information content (AvgIpc) is 2.83. The predicted octanol–water partition coefficient (Wildman–Crippen LogP) is 3.94. The molecular formula is C17H18F3N5O. The summed E-state index contributed by atoms with van der Waals surface area (Å²) in [5.41, 5.74) is 0.581. The Hall–Kier alpha value is -2.84. The molecule has 3 N–H and O–H groups in total. The monoisotopic (exact) mass is 365 g/mol. The number of hydrogen-bond acceptors (Lipinski definition) is 5. The summed E-state index contributed by atoms with van der Waals surface area (Å²) in [6.07, 6.45) is -3.55. The minimum atomic E-state index is -4.56. The first-order valence-electron chi connectivity index (χ1n) is 7.93. The van der Waals surface area contributed by atoms with Gasteiger partial charge in [0.05, 0.1) is 6.42 Å². The number of anilines is 4. The molecule has 1 amide bonds. The number of amides is 1. The van der Waals surface area contributed by atoms with Gasteiger partial charge in [0.25, 0.3) is 0 Å². The summed E-state index contributed by atoms with van der Waals surface area (Å²) in [7, 11) is 0. The van der Waals surface area contributed by atoms with Gasteiger partial charge in [-0.05, 0) is 44.5 Å². The van der Waals surface area contributed by atoms with Crippen LogP contribution in [0, 0.1) is 0 Å². The largest absolute Gasteiger partial charge is 0.421 e. The van der Waals surface area contributed by atoms with Crippen LogP contribution in [0.4, 0.5) is 36.3 Å². The molecule has 3 rings (SSSR count). The Kier molecular flexibility index (Phi) is 4.25. The van der Waals surface area contributed by atoms with E-state index in [1.807, 2.05) is 0 Å². The van der Waals surface area contributed by atoms with Crippen molar-refractivity contribution < 1.29 is 18.0 Å². The van der Waals surface area contributed by atoms with Gasteiger partial charge in [0.1, 0.15) is 11.4 Å². The van der Waals surface area contributed by atoms with E-state index in [9.17, 15) is 18.0 Å². The molecule has 138 valence electrons. The number of aromatic nitrogens is 2. The van der Waals surface area contributed by atoms with Crippen molar-refractivity contribution in [3.8, 4) is 0 Å². The van der Waals surface area contributed by atoms with E-state index in [2.05, 4.69) is 25.9 Å². The number of carbonyl (C=O) groups excluding carboxylic acids is 1. The molecule has 1 aromatic heterocycles. The third kappa shape index (κ3) is 4.04. The molecule has 0 aliphatic carbocycles. The predicted molar refractivity (Wildman–Crippen MR) is 92.5 cm³/mol. The Balaban J connectivity index is 1.90. The number of alkyl halides is 3. The molecule has 0 fully saturated rings. The number of benzene rings is 1. The lowest BCUT2D eigenvalue weighted by molar-refractivity contribution is -0.137. The Morgan fingerprint density at radius 2 is 1.92 bits per heavy atom. The second kappa shape index (κ2) is 6.15. The standard InChI is InChI=1S/C17H18F3N5O/c1-16(2,3)25-14-11(17(18,19)20)8-21-15(24-14)22-10-4-5-12-9(6-10)7-13(26)23-12/h4-6,8H,7H2,1-3H3,(H,23,26)(H2,21,22,24,25). The van der Waals surface area contributed by atoms with Crippen LogP contribution in [-0.2, 0) is 17.4 Å². The summed E-state index contributed by atoms with van der Waals surface area (Å²) in [5, 5.41) is 8.36. The second-order valence-electron chi connectivity index (χ2n) is 7.05. The Morgan fingerprint density at radius 1 is 1.19 bits per heavy atom. The molecule has 0 unspecified atom stereocenters. The molecule has 0 radical (unpaired) electrons. The van der Waals surface area contributed by atoms with Gasteiger partial charge in [-0.25, -0.2) is 4.98 Å². The summed E-state index contributed by atoms with van der Waals surface area (Å²) in [4.78, 5) is 19.2. The van der Waals surface area contributed by atoms with Crippen molar-refractivity contribution in [2.75, 3.05) is 16.0 Å². The van der Waals surface area contributed by atoms with E-state index < -0.39 is 17.3 Å². The van der Waals surface area contributed by atoms with Crippen LogP contribution in [0.15, 0.2) is 24.4 Å². The number of carbonyl (C=O) groups is 1. The molecule has 0 saturated carbocycles. The van der Waals surface area contributed by atoms with E-state index in [1.165, 1.54) is 0 Å². The Morgan fingerprint density at radius 3 is 2.58 bits per heavy atom. The fraction of sp³-hybridized carbons (Fsp3) is 0.353. The van der Waals surface area contributed by atoms with Crippen molar-refractivity contribution in [3.05, 3.63) is 35.5 Å². The highest BCUT2D eigenvalue weighted by Gasteiger charge is 2.36. The van der Waals surface area contributed by atoms with Crippen molar-refractivity contribution >= 4 is 29.0 Å². The summed E-state index contributed by atoms with van der Waals surface area (Å²) in [5.74, 6) is -0.359. The molecule has 0 saturated heterocycles. The SMILES string of the molecule is CC(C)(C)Nc1nc(Nc2ccc3c(c2)CC(=O)N3)ncc1C(F)(F)F. The van der Waals surface area contributed by atoms with E-state index >= 15 is 0 Å². The minimum absolute atomic E-state index is 0.0296. The van der Waals surface area contributed by atoms with Crippen LogP contribution in [0.25, 0.3) is 0 Å². The number of fused-ring (bicyclic) bond motifs is 1. The van der Waals surface area contributed by atoms with Crippen molar-refractivity contribution in [3.63, 3.8) is 0 Å². The lowest BCUT2D eigenvalue weighted by Gasteiger charge is -2.24. The first kappa shape index (κ1) is 18.0. The Labute approximate surface area is 148 Å². The van der Waals surface area contributed by atoms with Gasteiger partial charge in [0.15, 0.2) is 0 Å². The van der Waals surface area contributed by atoms with Crippen molar-refractivity contribution in [2.45, 2.75) is 38.9 Å². The maximum absolute atomic E-state index is 13.2. The quantitative estimate of drug-likeness (QED) is 0.768. The van der Waals surface area contributed by atoms with Crippen LogP contribution in [0.1, 0.15) is 31.9 Å². The zero-order chi connectivity index (χ0) is 19.1. The number of hydrogen-bond donors (Lipinski definition) is 3. The molecule has 1 aliphatic rings. The molecule has 9 heteroatoms. The minimum Gasteiger partial charge on any atom is -0.365 e. The maximum Gasteiger partial charge on any atom is 0.421 e. The zero-order valence-corrected chi connectivity index (χ0v) is 14.5. The fourth-order valence-corrected chi connectivity index (χ4v) is 2.54. The molecule has 1 aromatic carbocycles. The third-order valence-corrected chi connectivity index (χ3v) is 3.57. The van der Waals surface area contributed by atoms with E-state index in [0.29, 0.717) is 5.69 Å². The zero-order valence-electron chi connectivity index (χ0n) is 14.5. The normalized spacial score (nSPS) is 14.0. The maximum atomic E-state index is 13.2. The van der Waals surface area contributed by atoms with Gasteiger partial charge in [0, 0.05) is 23.1 Å². The van der Waals surface area contributed by atoms with E-state index in [4.69, 9.17) is 0 Å². The summed E-state index contributed by atoms with van der Waals surface area (Å²) in [6.45, 7) is 5.23. The lowest BCUT2D eigenvalue weighted by Crippen LogP contribution is -2.29. The average molecular weight is 365 g/mol. The third-order valence-electron chi connectivity index (χ3n) is 3.57. The van der Waals surface area contributed by atoms with Crippen molar-refractivity contribution in [1.82, 2.24) is 9.97 Å². The molecule has 0 bridgehead atoms. The van der Waals surface area contributed by atoms with E-state index in [0.717, 1.165) is 17.4 Å². The van der Waals surface area contributed by atoms with Crippen LogP contribution < -0.4 is 16.0 Å². The summed E-state index contributed by atoms with van der Waals surface area (Å²) in [6, 6.07) is 5.16. The number of rotatable bonds is 3. The van der Waals surface area contributed by atoms with Gasteiger partial charge in [-0.2, -0.15) is 18.2 Å². The lowest BCUT2D eigenvalue weighted by atomic mass is 10.1. The smallest absolute Gasteiger partial charge is 0.365 e. The molecule has 2 heterocycles. The van der Waals surface area contributed by atoms with Gasteiger partial charge in [-0.1, -0.05) is 0 Å². The second-order valence-corrected chi connectivity index (χ2v) is 7.05. The van der Waals surface area contributed by atoms with Crippen LogP contribution in [0.5, 0.6) is 0 Å². The van der Waals surface area contributed by atoms with Gasteiger partial charge < -0.3 is 16.0 Å². The van der Waals surface area contributed by atoms with Crippen LogP contribution in [0.3, 0.4) is 0 Å². The molecule has 0 spiro atoms. The molecule has 2 aromatic rings. The Bertz CT molecular complexity index is 858. The first-order valence-corrected chi connectivity index (χ1v) is 7.93. The fourth-order valence-electron chi connectivity index (χ4n) is 2.54. The highest BCUT2D eigenvalue weighted by atomic mass is 19.4. The van der Waals surface area contributed by atoms with Crippen molar-refractivity contribution in [2.24, 2.45) is 0 Å². The number of nitrogens with zero attached hydrogens (tertiary/aromatic N) is 2. The number of nitrogens with one attached hydrogen (secondary N) is 3. The topological polar surface area (TPSA) is 78.9 Å². The van der Waals surface area contributed by atoms with Gasteiger partial charge in [0.2, 0.25) is 11.9 Å². The van der Waals surface area contributed by atoms with Gasteiger partial charge in [-0.15, -0.1) is 0 Å². The molecule has 26 heavy (non-hydrogen) atoms. The summed E-state index contributed by atoms with van der Waals surface area (Å²) < 4.78 is 39.6.